The van der Waals surface area contributed by atoms with Crippen molar-refractivity contribution in [2.45, 2.75) is 13.0 Å². The van der Waals surface area contributed by atoms with Crippen LogP contribution in [0.25, 0.3) is 0 Å². The lowest BCUT2D eigenvalue weighted by Gasteiger charge is -2.25. The Balaban J connectivity index is 1.93. The van der Waals surface area contributed by atoms with E-state index in [-0.39, 0.29) is 24.4 Å². The van der Waals surface area contributed by atoms with Crippen LogP contribution >= 0.6 is 22.9 Å². The molecule has 6 heteroatoms. The highest BCUT2D eigenvalue weighted by atomic mass is 35.5. The molecule has 2 aromatic rings. The van der Waals surface area contributed by atoms with Gasteiger partial charge in [0.15, 0.2) is 0 Å². The highest BCUT2D eigenvalue weighted by Crippen LogP contribution is 2.21. The molecule has 22 heavy (non-hydrogen) atoms. The number of nitrogens with zero attached hydrogens (tertiary/aromatic N) is 1. The van der Waals surface area contributed by atoms with Crippen LogP contribution in [-0.4, -0.2) is 30.3 Å². The number of carbonyl (C=O) groups is 2. The van der Waals surface area contributed by atoms with Crippen LogP contribution < -0.4 is 5.32 Å². The van der Waals surface area contributed by atoms with E-state index >= 15 is 0 Å². The summed E-state index contributed by atoms with van der Waals surface area (Å²) >= 11 is 7.32. The molecule has 1 unspecified atom stereocenters. The SMILES string of the molecule is CC(c1cccc(Cl)c1)N(C)C(=O)CNC(=O)c1cccs1. The molecule has 0 bridgehead atoms. The molecule has 0 fully saturated rings. The lowest BCUT2D eigenvalue weighted by molar-refractivity contribution is -0.130. The molecule has 1 aromatic carbocycles. The monoisotopic (exact) mass is 336 g/mol. The van der Waals surface area contributed by atoms with Crippen LogP contribution in [0, 0.1) is 0 Å². The molecule has 2 rings (SSSR count). The summed E-state index contributed by atoms with van der Waals surface area (Å²) in [6, 6.07) is 10.8. The number of carbonyl (C=O) groups excluding carboxylic acids is 2. The van der Waals surface area contributed by atoms with Gasteiger partial charge in [0.2, 0.25) is 5.91 Å². The van der Waals surface area contributed by atoms with Crippen molar-refractivity contribution in [1.29, 1.82) is 0 Å². The maximum atomic E-state index is 12.2. The van der Waals surface area contributed by atoms with Crippen LogP contribution in [0.2, 0.25) is 5.02 Å². The number of hydrogen-bond donors (Lipinski definition) is 1. The van der Waals surface area contributed by atoms with Crippen LogP contribution in [0.3, 0.4) is 0 Å². The van der Waals surface area contributed by atoms with E-state index in [1.54, 1.807) is 30.1 Å². The molecule has 0 saturated carbocycles. The number of halogens is 1. The Kier molecular flexibility index (Phi) is 5.57. The average Bonchev–Trinajstić information content (AvgIpc) is 3.05. The van der Waals surface area contributed by atoms with Crippen molar-refractivity contribution in [2.75, 3.05) is 13.6 Å². The first-order valence-corrected chi connectivity index (χ1v) is 8.07. The number of benzene rings is 1. The summed E-state index contributed by atoms with van der Waals surface area (Å²) in [6.45, 7) is 1.89. The highest BCUT2D eigenvalue weighted by Gasteiger charge is 2.18. The van der Waals surface area contributed by atoms with E-state index in [2.05, 4.69) is 5.32 Å². The van der Waals surface area contributed by atoms with Gasteiger partial charge in [0, 0.05) is 12.1 Å². The Morgan fingerprint density at radius 3 is 2.73 bits per heavy atom. The quantitative estimate of drug-likeness (QED) is 0.910. The molecular formula is C16H17ClN2O2S. The van der Waals surface area contributed by atoms with Gasteiger partial charge < -0.3 is 10.2 Å². The number of likely N-dealkylation sites (N-methyl/N-ethyl adjacent to an activating group) is 1. The third kappa shape index (κ3) is 4.08. The molecule has 0 spiro atoms. The van der Waals surface area contributed by atoms with E-state index in [4.69, 9.17) is 11.6 Å². The van der Waals surface area contributed by atoms with Gasteiger partial charge in [0.25, 0.3) is 5.91 Å². The lowest BCUT2D eigenvalue weighted by Crippen LogP contribution is -2.39. The molecule has 0 aliphatic carbocycles. The van der Waals surface area contributed by atoms with E-state index in [9.17, 15) is 9.59 Å². The van der Waals surface area contributed by atoms with Gasteiger partial charge in [-0.25, -0.2) is 0 Å². The second-order valence-corrected chi connectivity index (χ2v) is 6.28. The number of amides is 2. The van der Waals surface area contributed by atoms with Crippen molar-refractivity contribution < 1.29 is 9.59 Å². The van der Waals surface area contributed by atoms with Crippen LogP contribution in [0.1, 0.15) is 28.2 Å². The Bertz CT molecular complexity index is 658. The van der Waals surface area contributed by atoms with Crippen molar-refractivity contribution >= 4 is 34.8 Å². The first-order chi connectivity index (χ1) is 10.5. The van der Waals surface area contributed by atoms with Crippen LogP contribution in [0.4, 0.5) is 0 Å². The van der Waals surface area contributed by atoms with Gasteiger partial charge >= 0.3 is 0 Å². The van der Waals surface area contributed by atoms with Gasteiger partial charge in [-0.3, -0.25) is 9.59 Å². The smallest absolute Gasteiger partial charge is 0.261 e. The fourth-order valence-electron chi connectivity index (χ4n) is 1.98. The minimum Gasteiger partial charge on any atom is -0.342 e. The van der Waals surface area contributed by atoms with Crippen molar-refractivity contribution in [3.05, 3.63) is 57.2 Å². The van der Waals surface area contributed by atoms with E-state index in [0.717, 1.165) is 5.56 Å². The Hall–Kier alpha value is -1.85. The van der Waals surface area contributed by atoms with Crippen LogP contribution in [0.15, 0.2) is 41.8 Å². The molecule has 4 nitrogen and oxygen atoms in total. The Labute approximate surface area is 138 Å². The van der Waals surface area contributed by atoms with E-state index in [1.165, 1.54) is 11.3 Å². The van der Waals surface area contributed by atoms with Crippen molar-refractivity contribution in [3.8, 4) is 0 Å². The fraction of sp³-hybridized carbons (Fsp3) is 0.250. The van der Waals surface area contributed by atoms with E-state index < -0.39 is 0 Å². The molecule has 1 heterocycles. The molecule has 116 valence electrons. The van der Waals surface area contributed by atoms with Crippen molar-refractivity contribution in [3.63, 3.8) is 0 Å². The molecule has 1 N–H and O–H groups in total. The fourth-order valence-corrected chi connectivity index (χ4v) is 2.82. The Morgan fingerprint density at radius 1 is 1.32 bits per heavy atom. The average molecular weight is 337 g/mol. The lowest BCUT2D eigenvalue weighted by atomic mass is 10.1. The third-order valence-corrected chi connectivity index (χ3v) is 4.55. The molecule has 2 amide bonds. The normalized spacial score (nSPS) is 11.8. The maximum absolute atomic E-state index is 12.2. The zero-order valence-corrected chi connectivity index (χ0v) is 13.9. The summed E-state index contributed by atoms with van der Waals surface area (Å²) < 4.78 is 0. The van der Waals surface area contributed by atoms with Gasteiger partial charge in [-0.05, 0) is 36.1 Å². The van der Waals surface area contributed by atoms with E-state index in [1.807, 2.05) is 30.5 Å². The predicted octanol–water partition coefficient (Wildman–Crippen LogP) is 3.35. The molecule has 0 aliphatic heterocycles. The van der Waals surface area contributed by atoms with Crippen LogP contribution in [0.5, 0.6) is 0 Å². The molecule has 0 saturated heterocycles. The molecular weight excluding hydrogens is 320 g/mol. The van der Waals surface area contributed by atoms with Crippen molar-refractivity contribution in [1.82, 2.24) is 10.2 Å². The summed E-state index contributed by atoms with van der Waals surface area (Å²) in [5, 5.41) is 5.10. The second kappa shape index (κ2) is 7.42. The highest BCUT2D eigenvalue weighted by molar-refractivity contribution is 7.12. The number of nitrogens with one attached hydrogen (secondary N) is 1. The minimum absolute atomic E-state index is 0.0296. The standard InChI is InChI=1S/C16H17ClN2O2S/c1-11(12-5-3-6-13(17)9-12)19(2)15(20)10-18-16(21)14-7-4-8-22-14/h3-9,11H,10H2,1-2H3,(H,18,21). The third-order valence-electron chi connectivity index (χ3n) is 3.45. The van der Waals surface area contributed by atoms with Gasteiger partial charge in [-0.15, -0.1) is 11.3 Å². The summed E-state index contributed by atoms with van der Waals surface area (Å²) in [4.78, 5) is 26.2. The van der Waals surface area contributed by atoms with Crippen molar-refractivity contribution in [2.24, 2.45) is 0 Å². The number of thiophene rings is 1. The summed E-state index contributed by atoms with van der Waals surface area (Å²) in [5.41, 5.74) is 0.952. The molecule has 0 aliphatic rings. The topological polar surface area (TPSA) is 49.4 Å². The zero-order valence-electron chi connectivity index (χ0n) is 12.4. The maximum Gasteiger partial charge on any atom is 0.261 e. The van der Waals surface area contributed by atoms with Gasteiger partial charge in [0.05, 0.1) is 17.5 Å². The summed E-state index contributed by atoms with van der Waals surface area (Å²) in [7, 11) is 1.71. The largest absolute Gasteiger partial charge is 0.342 e. The zero-order chi connectivity index (χ0) is 16.1. The number of hydrogen-bond acceptors (Lipinski definition) is 3. The summed E-state index contributed by atoms with van der Waals surface area (Å²) in [6.07, 6.45) is 0. The molecule has 1 atom stereocenters. The van der Waals surface area contributed by atoms with Gasteiger partial charge in [0.1, 0.15) is 0 Å². The first kappa shape index (κ1) is 16.5. The van der Waals surface area contributed by atoms with Gasteiger partial charge in [-0.2, -0.15) is 0 Å². The first-order valence-electron chi connectivity index (χ1n) is 6.82. The Morgan fingerprint density at radius 2 is 2.09 bits per heavy atom. The molecule has 0 radical (unpaired) electrons. The molecule has 1 aromatic heterocycles. The van der Waals surface area contributed by atoms with Gasteiger partial charge in [-0.1, -0.05) is 29.8 Å². The number of rotatable bonds is 5. The summed E-state index contributed by atoms with van der Waals surface area (Å²) in [5.74, 6) is -0.385. The van der Waals surface area contributed by atoms with Crippen LogP contribution in [-0.2, 0) is 4.79 Å². The minimum atomic E-state index is -0.229. The predicted molar refractivity (Wildman–Crippen MR) is 89.3 cm³/mol. The second-order valence-electron chi connectivity index (χ2n) is 4.90. The van der Waals surface area contributed by atoms with E-state index in [0.29, 0.717) is 9.90 Å².